The van der Waals surface area contributed by atoms with Crippen molar-refractivity contribution in [3.63, 3.8) is 0 Å². The van der Waals surface area contributed by atoms with Gasteiger partial charge in [0.1, 0.15) is 17.3 Å². The van der Waals surface area contributed by atoms with E-state index < -0.39 is 29.5 Å². The number of carbonyl (C=O) groups is 3. The highest BCUT2D eigenvalue weighted by Gasteiger charge is 2.46. The summed E-state index contributed by atoms with van der Waals surface area (Å²) in [5.41, 5.74) is 2.73. The highest BCUT2D eigenvalue weighted by atomic mass is 35.5. The number of amides is 1. The van der Waals surface area contributed by atoms with Gasteiger partial charge < -0.3 is 24.2 Å². The predicted molar refractivity (Wildman–Crippen MR) is 151 cm³/mol. The molecule has 3 aromatic rings. The minimum absolute atomic E-state index is 0.0608. The number of benzene rings is 3. The molecule has 1 heterocycles. The average molecular weight is 564 g/mol. The fraction of sp³-hybridized carbons (Fsp3) is 0.258. The molecule has 1 saturated heterocycles. The van der Waals surface area contributed by atoms with Crippen molar-refractivity contribution in [1.82, 2.24) is 4.90 Å². The second-order valence-corrected chi connectivity index (χ2v) is 9.77. The standard InChI is InChI=1S/C31H30ClNO7/c1-5-13-40-31(37)20-11-9-19(10-12-20)17-33-27(21-8-6-7-18(2)14-21)26(29(35)30(33)36)28(34)22-15-25(39-4)23(32)16-24(22)38-3/h6-12,14-16,27,34H,5,13,17H2,1-4H3/b28-26+. The molecule has 3 aromatic carbocycles. The lowest BCUT2D eigenvalue weighted by atomic mass is 9.94. The Morgan fingerprint density at radius 3 is 2.33 bits per heavy atom. The van der Waals surface area contributed by atoms with Crippen molar-refractivity contribution < 1.29 is 33.7 Å². The number of ether oxygens (including phenoxy) is 3. The summed E-state index contributed by atoms with van der Waals surface area (Å²) in [4.78, 5) is 40.5. The second-order valence-electron chi connectivity index (χ2n) is 9.36. The molecular weight excluding hydrogens is 534 g/mol. The van der Waals surface area contributed by atoms with E-state index in [9.17, 15) is 19.5 Å². The number of aliphatic hydroxyl groups excluding tert-OH is 1. The average Bonchev–Trinajstić information content (AvgIpc) is 3.20. The van der Waals surface area contributed by atoms with Gasteiger partial charge in [-0.05, 0) is 42.7 Å². The summed E-state index contributed by atoms with van der Waals surface area (Å²) in [5.74, 6) is -1.96. The van der Waals surface area contributed by atoms with Gasteiger partial charge >= 0.3 is 5.97 Å². The topological polar surface area (TPSA) is 102 Å². The molecule has 1 aliphatic heterocycles. The lowest BCUT2D eigenvalue weighted by molar-refractivity contribution is -0.140. The van der Waals surface area contributed by atoms with E-state index in [4.69, 9.17) is 25.8 Å². The molecule has 8 nitrogen and oxygen atoms in total. The number of esters is 1. The van der Waals surface area contributed by atoms with Crippen molar-refractivity contribution in [3.05, 3.63) is 99.1 Å². The summed E-state index contributed by atoms with van der Waals surface area (Å²) in [6, 6.07) is 16.1. The van der Waals surface area contributed by atoms with Crippen LogP contribution < -0.4 is 9.47 Å². The van der Waals surface area contributed by atoms with E-state index in [0.29, 0.717) is 29.7 Å². The van der Waals surface area contributed by atoms with Crippen molar-refractivity contribution in [2.75, 3.05) is 20.8 Å². The molecule has 0 aliphatic carbocycles. The van der Waals surface area contributed by atoms with Crippen LogP contribution in [0.1, 0.15) is 52.0 Å². The van der Waals surface area contributed by atoms with Crippen LogP contribution in [0.3, 0.4) is 0 Å². The van der Waals surface area contributed by atoms with Crippen molar-refractivity contribution in [2.24, 2.45) is 0 Å². The number of likely N-dealkylation sites (tertiary alicyclic amines) is 1. The van der Waals surface area contributed by atoms with Gasteiger partial charge in [0, 0.05) is 12.6 Å². The van der Waals surface area contributed by atoms with E-state index >= 15 is 0 Å². The molecule has 1 fully saturated rings. The minimum Gasteiger partial charge on any atom is -0.507 e. The SMILES string of the molecule is CCCOC(=O)c1ccc(CN2C(=O)C(=O)/C(=C(/O)c3cc(OC)c(Cl)cc3OC)C2c2cccc(C)c2)cc1. The Morgan fingerprint density at radius 2 is 1.70 bits per heavy atom. The summed E-state index contributed by atoms with van der Waals surface area (Å²) in [6.07, 6.45) is 0.715. The number of rotatable bonds is 9. The molecule has 0 saturated carbocycles. The van der Waals surface area contributed by atoms with E-state index in [0.717, 1.165) is 5.56 Å². The highest BCUT2D eigenvalue weighted by molar-refractivity contribution is 6.46. The van der Waals surface area contributed by atoms with E-state index in [1.807, 2.05) is 32.0 Å². The molecule has 1 aliphatic rings. The van der Waals surface area contributed by atoms with Gasteiger partial charge in [-0.1, -0.05) is 60.5 Å². The number of aliphatic hydroxyl groups is 1. The Kier molecular flexibility index (Phi) is 8.80. The second kappa shape index (κ2) is 12.3. The van der Waals surface area contributed by atoms with Crippen molar-refractivity contribution in [3.8, 4) is 11.5 Å². The van der Waals surface area contributed by atoms with Crippen LogP contribution in [-0.4, -0.2) is 48.5 Å². The molecule has 0 bridgehead atoms. The third-order valence-electron chi connectivity index (χ3n) is 6.61. The first-order chi connectivity index (χ1) is 19.2. The van der Waals surface area contributed by atoms with Gasteiger partial charge in [0.05, 0.1) is 48.6 Å². The van der Waals surface area contributed by atoms with E-state index in [-0.39, 0.29) is 34.2 Å². The van der Waals surface area contributed by atoms with Gasteiger partial charge in [-0.25, -0.2) is 4.79 Å². The predicted octanol–water partition coefficient (Wildman–Crippen LogP) is 5.85. The molecule has 0 radical (unpaired) electrons. The zero-order valence-corrected chi connectivity index (χ0v) is 23.4. The summed E-state index contributed by atoms with van der Waals surface area (Å²) >= 11 is 6.25. The Balaban J connectivity index is 1.81. The van der Waals surface area contributed by atoms with Crippen LogP contribution in [0, 0.1) is 6.92 Å². The third kappa shape index (κ3) is 5.67. The van der Waals surface area contributed by atoms with Gasteiger partial charge in [0.15, 0.2) is 0 Å². The summed E-state index contributed by atoms with van der Waals surface area (Å²) in [5, 5.41) is 11.8. The first-order valence-corrected chi connectivity index (χ1v) is 13.1. The summed E-state index contributed by atoms with van der Waals surface area (Å²) < 4.78 is 15.9. The molecule has 9 heteroatoms. The van der Waals surface area contributed by atoms with E-state index in [1.54, 1.807) is 30.3 Å². The molecule has 1 unspecified atom stereocenters. The highest BCUT2D eigenvalue weighted by Crippen LogP contribution is 2.43. The van der Waals surface area contributed by atoms with Crippen molar-refractivity contribution in [1.29, 1.82) is 0 Å². The van der Waals surface area contributed by atoms with Gasteiger partial charge in [0.2, 0.25) is 0 Å². The number of hydrogen-bond donors (Lipinski definition) is 1. The first kappa shape index (κ1) is 28.7. The number of hydrogen-bond acceptors (Lipinski definition) is 7. The number of Topliss-reactive ketones (excluding diaryl/α,β-unsaturated/α-hetero) is 1. The van der Waals surface area contributed by atoms with Crippen LogP contribution in [0.4, 0.5) is 0 Å². The molecular formula is C31H30ClNO7. The monoisotopic (exact) mass is 563 g/mol. The zero-order chi connectivity index (χ0) is 29.0. The normalized spacial score (nSPS) is 16.2. The van der Waals surface area contributed by atoms with Crippen LogP contribution in [0.15, 0.2) is 66.2 Å². The van der Waals surface area contributed by atoms with Crippen molar-refractivity contribution in [2.45, 2.75) is 32.9 Å². The molecule has 1 amide bonds. The fourth-order valence-electron chi connectivity index (χ4n) is 4.64. The maximum atomic E-state index is 13.5. The van der Waals surface area contributed by atoms with Crippen LogP contribution in [0.5, 0.6) is 11.5 Å². The summed E-state index contributed by atoms with van der Waals surface area (Å²) in [7, 11) is 2.84. The smallest absolute Gasteiger partial charge is 0.338 e. The van der Waals surface area contributed by atoms with Crippen molar-refractivity contribution >= 4 is 35.0 Å². The van der Waals surface area contributed by atoms with Crippen LogP contribution in [0.25, 0.3) is 5.76 Å². The van der Waals surface area contributed by atoms with Gasteiger partial charge in [0.25, 0.3) is 11.7 Å². The molecule has 0 spiro atoms. The maximum absolute atomic E-state index is 13.5. The van der Waals surface area contributed by atoms with Crippen LogP contribution in [0.2, 0.25) is 5.02 Å². The molecule has 4 rings (SSSR count). The maximum Gasteiger partial charge on any atom is 0.338 e. The Morgan fingerprint density at radius 1 is 1.00 bits per heavy atom. The van der Waals surface area contributed by atoms with E-state index in [1.165, 1.54) is 31.3 Å². The lowest BCUT2D eigenvalue weighted by Crippen LogP contribution is -2.29. The molecule has 40 heavy (non-hydrogen) atoms. The van der Waals surface area contributed by atoms with Crippen LogP contribution >= 0.6 is 11.6 Å². The lowest BCUT2D eigenvalue weighted by Gasteiger charge is -2.26. The quantitative estimate of drug-likeness (QED) is 0.151. The molecule has 0 aromatic heterocycles. The number of nitrogens with zero attached hydrogens (tertiary/aromatic N) is 1. The fourth-order valence-corrected chi connectivity index (χ4v) is 4.87. The van der Waals surface area contributed by atoms with E-state index in [2.05, 4.69) is 0 Å². The Labute approximate surface area is 237 Å². The minimum atomic E-state index is -0.888. The number of methoxy groups -OCH3 is 2. The zero-order valence-electron chi connectivity index (χ0n) is 22.7. The molecule has 208 valence electrons. The number of aryl methyl sites for hydroxylation is 1. The number of ketones is 1. The summed E-state index contributed by atoms with van der Waals surface area (Å²) in [6.45, 7) is 4.20. The molecule has 1 N–H and O–H groups in total. The molecule has 1 atom stereocenters. The third-order valence-corrected chi connectivity index (χ3v) is 6.90. The first-order valence-electron chi connectivity index (χ1n) is 12.7. The van der Waals surface area contributed by atoms with Crippen LogP contribution in [-0.2, 0) is 20.9 Å². The van der Waals surface area contributed by atoms with Gasteiger partial charge in [-0.2, -0.15) is 0 Å². The number of carbonyl (C=O) groups excluding carboxylic acids is 3. The van der Waals surface area contributed by atoms with Gasteiger partial charge in [-0.3, -0.25) is 9.59 Å². The van der Waals surface area contributed by atoms with Gasteiger partial charge in [-0.15, -0.1) is 0 Å². The Hall–Kier alpha value is -4.30. The number of halogens is 1. The largest absolute Gasteiger partial charge is 0.507 e. The Bertz CT molecular complexity index is 1480.